The van der Waals surface area contributed by atoms with E-state index in [1.165, 1.54) is 4.90 Å². The zero-order valence-electron chi connectivity index (χ0n) is 19.6. The average molecular weight is 456 g/mol. The van der Waals surface area contributed by atoms with Gasteiger partial charge in [-0.15, -0.1) is 0 Å². The maximum atomic E-state index is 14.0. The summed E-state index contributed by atoms with van der Waals surface area (Å²) in [5.74, 6) is 0.717. The summed E-state index contributed by atoms with van der Waals surface area (Å²) in [5.41, 5.74) is 2.54. The number of aromatic nitrogens is 1. The highest BCUT2D eigenvalue weighted by molar-refractivity contribution is 6.09. The van der Waals surface area contributed by atoms with Crippen molar-refractivity contribution in [3.05, 3.63) is 95.2 Å². The Kier molecular flexibility index (Phi) is 5.79. The number of pyridine rings is 1. The van der Waals surface area contributed by atoms with E-state index in [9.17, 15) is 9.59 Å². The third-order valence-electron chi connectivity index (χ3n) is 6.94. The lowest BCUT2D eigenvalue weighted by Crippen LogP contribution is -2.52. The van der Waals surface area contributed by atoms with Gasteiger partial charge in [-0.1, -0.05) is 54.6 Å². The Bertz CT molecular complexity index is 1190. The van der Waals surface area contributed by atoms with Crippen LogP contribution in [0.4, 0.5) is 10.6 Å². The molecule has 7 heteroatoms. The second kappa shape index (κ2) is 8.91. The van der Waals surface area contributed by atoms with Crippen molar-refractivity contribution < 1.29 is 9.59 Å². The van der Waals surface area contributed by atoms with Crippen LogP contribution in [-0.4, -0.2) is 59.6 Å². The quantitative estimate of drug-likeness (QED) is 0.598. The maximum Gasteiger partial charge on any atom is 0.326 e. The standard InChI is InChI=1S/C27H29N5O2/c1-20-11-12-23(18-21(20)2)27(22-8-4-3-5-9-22)25(33)32(26(34)29-27)19-30-14-16-31(17-15-30)24-10-6-7-13-28-24/h3-13,18H,14-17,19H2,1-2H3,(H,29,34). The molecule has 0 radical (unpaired) electrons. The number of aryl methyl sites for hydroxylation is 2. The number of hydrogen-bond acceptors (Lipinski definition) is 5. The first kappa shape index (κ1) is 22.1. The molecule has 3 amide bonds. The molecule has 0 bridgehead atoms. The Labute approximate surface area is 200 Å². The van der Waals surface area contributed by atoms with Crippen molar-refractivity contribution in [3.8, 4) is 0 Å². The molecule has 2 saturated heterocycles. The second-order valence-corrected chi connectivity index (χ2v) is 9.01. The van der Waals surface area contributed by atoms with Gasteiger partial charge >= 0.3 is 6.03 Å². The summed E-state index contributed by atoms with van der Waals surface area (Å²) in [5, 5.41) is 3.06. The van der Waals surface area contributed by atoms with E-state index in [1.54, 1.807) is 6.20 Å². The third kappa shape index (κ3) is 3.82. The van der Waals surface area contributed by atoms with Gasteiger partial charge in [0.15, 0.2) is 5.54 Å². The molecule has 34 heavy (non-hydrogen) atoms. The van der Waals surface area contributed by atoms with Gasteiger partial charge in [0.1, 0.15) is 5.82 Å². The summed E-state index contributed by atoms with van der Waals surface area (Å²) in [4.78, 5) is 37.4. The van der Waals surface area contributed by atoms with Crippen molar-refractivity contribution in [3.63, 3.8) is 0 Å². The van der Waals surface area contributed by atoms with Crippen LogP contribution in [0.3, 0.4) is 0 Å². The first-order valence-corrected chi connectivity index (χ1v) is 11.6. The Balaban J connectivity index is 1.39. The molecular weight excluding hydrogens is 426 g/mol. The molecule has 3 heterocycles. The molecule has 3 aromatic rings. The molecule has 0 spiro atoms. The predicted octanol–water partition coefficient (Wildman–Crippen LogP) is 3.27. The fourth-order valence-corrected chi connectivity index (χ4v) is 4.78. The largest absolute Gasteiger partial charge is 0.354 e. The summed E-state index contributed by atoms with van der Waals surface area (Å²) in [6.45, 7) is 7.41. The zero-order chi connectivity index (χ0) is 23.7. The van der Waals surface area contributed by atoms with Crippen molar-refractivity contribution in [2.24, 2.45) is 0 Å². The number of carbonyl (C=O) groups excluding carboxylic acids is 2. The van der Waals surface area contributed by atoms with Crippen LogP contribution in [0.5, 0.6) is 0 Å². The van der Waals surface area contributed by atoms with Crippen LogP contribution in [0, 0.1) is 13.8 Å². The van der Waals surface area contributed by atoms with E-state index in [-0.39, 0.29) is 18.6 Å². The van der Waals surface area contributed by atoms with E-state index in [4.69, 9.17) is 0 Å². The van der Waals surface area contributed by atoms with Gasteiger partial charge in [0.2, 0.25) is 0 Å². The molecular formula is C27H29N5O2. The molecule has 2 aromatic carbocycles. The number of imide groups is 1. The van der Waals surface area contributed by atoms with Crippen molar-refractivity contribution in [2.45, 2.75) is 19.4 Å². The van der Waals surface area contributed by atoms with Crippen molar-refractivity contribution in [2.75, 3.05) is 37.7 Å². The monoisotopic (exact) mass is 455 g/mol. The molecule has 0 aliphatic carbocycles. The van der Waals surface area contributed by atoms with E-state index in [1.807, 2.05) is 80.6 Å². The highest BCUT2D eigenvalue weighted by Gasteiger charge is 2.54. The van der Waals surface area contributed by atoms with Gasteiger partial charge in [0, 0.05) is 32.4 Å². The summed E-state index contributed by atoms with van der Waals surface area (Å²) >= 11 is 0. The summed E-state index contributed by atoms with van der Waals surface area (Å²) < 4.78 is 0. The van der Waals surface area contributed by atoms with Crippen LogP contribution in [-0.2, 0) is 10.3 Å². The summed E-state index contributed by atoms with van der Waals surface area (Å²) in [6.07, 6.45) is 1.80. The number of nitrogens with one attached hydrogen (secondary N) is 1. The summed E-state index contributed by atoms with van der Waals surface area (Å²) in [7, 11) is 0. The van der Waals surface area contributed by atoms with E-state index in [2.05, 4.69) is 20.1 Å². The Morgan fingerprint density at radius 1 is 0.853 bits per heavy atom. The number of hydrogen-bond donors (Lipinski definition) is 1. The van der Waals surface area contributed by atoms with Crippen LogP contribution >= 0.6 is 0 Å². The van der Waals surface area contributed by atoms with Gasteiger partial charge in [0.25, 0.3) is 5.91 Å². The fourth-order valence-electron chi connectivity index (χ4n) is 4.78. The molecule has 2 fully saturated rings. The molecule has 1 N–H and O–H groups in total. The van der Waals surface area contributed by atoms with Gasteiger partial charge in [-0.05, 0) is 48.2 Å². The number of urea groups is 1. The van der Waals surface area contributed by atoms with Gasteiger partial charge in [-0.3, -0.25) is 9.69 Å². The van der Waals surface area contributed by atoms with Crippen LogP contribution in [0.1, 0.15) is 22.3 Å². The lowest BCUT2D eigenvalue weighted by Gasteiger charge is -2.36. The first-order chi connectivity index (χ1) is 16.5. The second-order valence-electron chi connectivity index (χ2n) is 9.01. The molecule has 0 saturated carbocycles. The van der Waals surface area contributed by atoms with Crippen LogP contribution < -0.4 is 10.2 Å². The number of piperazine rings is 1. The molecule has 7 nitrogen and oxygen atoms in total. The maximum absolute atomic E-state index is 14.0. The number of rotatable bonds is 5. The van der Waals surface area contributed by atoms with Crippen molar-refractivity contribution >= 4 is 17.8 Å². The van der Waals surface area contributed by atoms with Crippen molar-refractivity contribution in [1.29, 1.82) is 0 Å². The minimum atomic E-state index is -1.23. The number of benzene rings is 2. The minimum absolute atomic E-state index is 0.237. The van der Waals surface area contributed by atoms with Gasteiger partial charge < -0.3 is 10.2 Å². The number of anilines is 1. The predicted molar refractivity (Wildman–Crippen MR) is 131 cm³/mol. The molecule has 2 aliphatic heterocycles. The lowest BCUT2D eigenvalue weighted by atomic mass is 9.81. The van der Waals surface area contributed by atoms with Gasteiger partial charge in [-0.25, -0.2) is 14.7 Å². The van der Waals surface area contributed by atoms with Crippen LogP contribution in [0.2, 0.25) is 0 Å². The zero-order valence-corrected chi connectivity index (χ0v) is 19.6. The minimum Gasteiger partial charge on any atom is -0.354 e. The van der Waals surface area contributed by atoms with E-state index >= 15 is 0 Å². The topological polar surface area (TPSA) is 68.8 Å². The van der Waals surface area contributed by atoms with Crippen LogP contribution in [0.25, 0.3) is 0 Å². The van der Waals surface area contributed by atoms with E-state index in [0.29, 0.717) is 0 Å². The molecule has 1 unspecified atom stereocenters. The van der Waals surface area contributed by atoms with Gasteiger partial charge in [-0.2, -0.15) is 0 Å². The highest BCUT2D eigenvalue weighted by atomic mass is 16.2. The highest BCUT2D eigenvalue weighted by Crippen LogP contribution is 2.37. The Morgan fingerprint density at radius 3 is 2.26 bits per heavy atom. The van der Waals surface area contributed by atoms with Crippen molar-refractivity contribution in [1.82, 2.24) is 20.1 Å². The molecule has 2 aliphatic rings. The molecule has 5 rings (SSSR count). The van der Waals surface area contributed by atoms with E-state index < -0.39 is 5.54 Å². The fraction of sp³-hybridized carbons (Fsp3) is 0.296. The molecule has 1 atom stereocenters. The third-order valence-corrected chi connectivity index (χ3v) is 6.94. The SMILES string of the molecule is Cc1ccc(C2(c3ccccc3)NC(=O)N(CN3CCN(c4ccccn4)CC3)C2=O)cc1C. The van der Waals surface area contributed by atoms with Gasteiger partial charge in [0.05, 0.1) is 6.67 Å². The summed E-state index contributed by atoms with van der Waals surface area (Å²) in [6, 6.07) is 21.0. The normalized spacial score (nSPS) is 21.1. The molecule has 174 valence electrons. The van der Waals surface area contributed by atoms with E-state index in [0.717, 1.165) is 54.3 Å². The number of amides is 3. The number of carbonyl (C=O) groups is 2. The average Bonchev–Trinajstić information content (AvgIpc) is 3.13. The Morgan fingerprint density at radius 2 is 1.59 bits per heavy atom. The first-order valence-electron chi connectivity index (χ1n) is 11.6. The Hall–Kier alpha value is -3.71. The smallest absolute Gasteiger partial charge is 0.326 e. The lowest BCUT2D eigenvalue weighted by molar-refractivity contribution is -0.131. The number of nitrogens with zero attached hydrogens (tertiary/aromatic N) is 4. The molecule has 1 aromatic heterocycles. The van der Waals surface area contributed by atoms with Crippen LogP contribution in [0.15, 0.2) is 72.9 Å².